The number of carbonyl (C=O) groups excluding carboxylic acids is 1. The van der Waals surface area contributed by atoms with Crippen molar-refractivity contribution < 1.29 is 19.0 Å². The Kier molecular flexibility index (Phi) is 4.07. The highest BCUT2D eigenvalue weighted by Gasteiger charge is 2.54. The fourth-order valence-electron chi connectivity index (χ4n) is 2.39. The minimum Gasteiger partial charge on any atom is -0.466 e. The van der Waals surface area contributed by atoms with Crippen LogP contribution in [0.15, 0.2) is 23.8 Å². The van der Waals surface area contributed by atoms with E-state index in [0.29, 0.717) is 6.10 Å². The molecule has 2 aliphatic heterocycles. The van der Waals surface area contributed by atoms with Gasteiger partial charge in [-0.2, -0.15) is 0 Å². The zero-order valence-electron chi connectivity index (χ0n) is 12.9. The molecule has 0 bridgehead atoms. The van der Waals surface area contributed by atoms with Crippen LogP contribution in [0.5, 0.6) is 0 Å². The maximum Gasteiger partial charge on any atom is 0.330 e. The van der Waals surface area contributed by atoms with Crippen LogP contribution >= 0.6 is 0 Å². The zero-order chi connectivity index (χ0) is 15.0. The summed E-state index contributed by atoms with van der Waals surface area (Å²) in [5.74, 6) is -0.334. The van der Waals surface area contributed by atoms with Crippen LogP contribution in [-0.2, 0) is 19.0 Å². The van der Waals surface area contributed by atoms with E-state index in [9.17, 15) is 4.79 Å². The molecular formula is C16H24O4. The Morgan fingerprint density at radius 3 is 2.50 bits per heavy atom. The van der Waals surface area contributed by atoms with E-state index in [0.717, 1.165) is 18.4 Å². The molecular weight excluding hydrogens is 256 g/mol. The highest BCUT2D eigenvalue weighted by atomic mass is 16.6. The van der Waals surface area contributed by atoms with Crippen molar-refractivity contribution in [3.8, 4) is 0 Å². The Balaban J connectivity index is 1.76. The van der Waals surface area contributed by atoms with Gasteiger partial charge >= 0.3 is 5.97 Å². The van der Waals surface area contributed by atoms with Gasteiger partial charge in [-0.15, -0.1) is 0 Å². The molecule has 2 rings (SSSR count). The molecule has 0 saturated carbocycles. The molecule has 112 valence electrons. The van der Waals surface area contributed by atoms with E-state index in [1.807, 2.05) is 19.1 Å². The molecule has 0 spiro atoms. The van der Waals surface area contributed by atoms with Gasteiger partial charge in [-0.3, -0.25) is 0 Å². The number of methoxy groups -OCH3 is 1. The number of epoxide rings is 2. The number of allylic oxidation sites excluding steroid dienone is 2. The summed E-state index contributed by atoms with van der Waals surface area (Å²) in [6.45, 7) is 8.22. The number of hydrogen-bond donors (Lipinski definition) is 0. The fourth-order valence-corrected chi connectivity index (χ4v) is 2.39. The van der Waals surface area contributed by atoms with Gasteiger partial charge in [-0.25, -0.2) is 4.79 Å². The van der Waals surface area contributed by atoms with Crippen LogP contribution in [0.4, 0.5) is 0 Å². The van der Waals surface area contributed by atoms with Crippen molar-refractivity contribution in [1.82, 2.24) is 0 Å². The van der Waals surface area contributed by atoms with Crippen molar-refractivity contribution in [3.63, 3.8) is 0 Å². The van der Waals surface area contributed by atoms with Crippen LogP contribution < -0.4 is 0 Å². The molecule has 4 nitrogen and oxygen atoms in total. The molecule has 4 heteroatoms. The summed E-state index contributed by atoms with van der Waals surface area (Å²) in [5, 5.41) is 0. The predicted octanol–water partition coefficient (Wildman–Crippen LogP) is 2.78. The van der Waals surface area contributed by atoms with Gasteiger partial charge in [0.25, 0.3) is 0 Å². The number of esters is 1. The minimum atomic E-state index is -0.334. The quantitative estimate of drug-likeness (QED) is 0.325. The molecule has 2 aliphatic rings. The lowest BCUT2D eigenvalue weighted by molar-refractivity contribution is -0.134. The topological polar surface area (TPSA) is 51.4 Å². The Labute approximate surface area is 120 Å². The summed E-state index contributed by atoms with van der Waals surface area (Å²) in [7, 11) is 1.37. The lowest BCUT2D eigenvalue weighted by atomic mass is 9.96. The van der Waals surface area contributed by atoms with E-state index in [2.05, 4.69) is 25.5 Å². The molecule has 0 radical (unpaired) electrons. The first-order valence-electron chi connectivity index (χ1n) is 7.07. The summed E-state index contributed by atoms with van der Waals surface area (Å²) in [5.41, 5.74) is 0.835. The summed E-state index contributed by atoms with van der Waals surface area (Å²) in [6, 6.07) is 0. The summed E-state index contributed by atoms with van der Waals surface area (Å²) in [6.07, 6.45) is 7.91. The SMILES string of the molecule is COC(=O)/C=C(C)\C=C\[C@@H]1O[C@@]1(C)CC[C@H]1OC1(C)C. The number of carbonyl (C=O) groups is 1. The van der Waals surface area contributed by atoms with Gasteiger partial charge in [-0.05, 0) is 46.1 Å². The molecule has 20 heavy (non-hydrogen) atoms. The van der Waals surface area contributed by atoms with Crippen molar-refractivity contribution in [2.24, 2.45) is 0 Å². The summed E-state index contributed by atoms with van der Waals surface area (Å²) in [4.78, 5) is 11.1. The third-order valence-corrected chi connectivity index (χ3v) is 4.09. The molecule has 2 saturated heterocycles. The first-order chi connectivity index (χ1) is 9.27. The Hall–Kier alpha value is -1.13. The van der Waals surface area contributed by atoms with Gasteiger partial charge < -0.3 is 14.2 Å². The van der Waals surface area contributed by atoms with Gasteiger partial charge in [-0.1, -0.05) is 12.2 Å². The van der Waals surface area contributed by atoms with Crippen LogP contribution in [0.1, 0.15) is 40.5 Å². The lowest BCUT2D eigenvalue weighted by Gasteiger charge is -2.03. The largest absolute Gasteiger partial charge is 0.466 e. The first-order valence-corrected chi connectivity index (χ1v) is 7.07. The van der Waals surface area contributed by atoms with Crippen LogP contribution in [0.2, 0.25) is 0 Å². The third-order valence-electron chi connectivity index (χ3n) is 4.09. The predicted molar refractivity (Wildman–Crippen MR) is 76.4 cm³/mol. The Bertz CT molecular complexity index is 449. The fraction of sp³-hybridized carbons (Fsp3) is 0.688. The van der Waals surface area contributed by atoms with Gasteiger partial charge in [0.15, 0.2) is 0 Å². The van der Waals surface area contributed by atoms with Gasteiger partial charge in [0.05, 0.1) is 24.4 Å². The Morgan fingerprint density at radius 1 is 1.30 bits per heavy atom. The van der Waals surface area contributed by atoms with E-state index < -0.39 is 0 Å². The molecule has 0 aromatic carbocycles. The van der Waals surface area contributed by atoms with E-state index in [4.69, 9.17) is 9.47 Å². The second-order valence-corrected chi connectivity index (χ2v) is 6.37. The molecule has 0 unspecified atom stereocenters. The van der Waals surface area contributed by atoms with Crippen molar-refractivity contribution in [1.29, 1.82) is 0 Å². The first kappa shape index (κ1) is 15.3. The number of rotatable bonds is 6. The van der Waals surface area contributed by atoms with E-state index in [-0.39, 0.29) is 23.3 Å². The minimum absolute atomic E-state index is 0.0520. The van der Waals surface area contributed by atoms with E-state index in [1.165, 1.54) is 13.2 Å². The van der Waals surface area contributed by atoms with E-state index >= 15 is 0 Å². The smallest absolute Gasteiger partial charge is 0.330 e. The van der Waals surface area contributed by atoms with Crippen LogP contribution in [0.25, 0.3) is 0 Å². The average molecular weight is 280 g/mol. The molecule has 0 amide bonds. The lowest BCUT2D eigenvalue weighted by Crippen LogP contribution is -2.12. The molecule has 2 heterocycles. The van der Waals surface area contributed by atoms with Crippen LogP contribution in [0, 0.1) is 0 Å². The molecule has 0 aromatic heterocycles. The van der Waals surface area contributed by atoms with Crippen molar-refractivity contribution >= 4 is 5.97 Å². The maximum atomic E-state index is 11.1. The van der Waals surface area contributed by atoms with Crippen molar-refractivity contribution in [2.75, 3.05) is 7.11 Å². The molecule has 2 fully saturated rings. The van der Waals surface area contributed by atoms with Crippen molar-refractivity contribution in [2.45, 2.75) is 63.9 Å². The maximum absolute atomic E-state index is 11.1. The van der Waals surface area contributed by atoms with Crippen molar-refractivity contribution in [3.05, 3.63) is 23.8 Å². The summed E-state index contributed by atoms with van der Waals surface area (Å²) >= 11 is 0. The average Bonchev–Trinajstić information content (AvgIpc) is 3.21. The number of ether oxygens (including phenoxy) is 3. The summed E-state index contributed by atoms with van der Waals surface area (Å²) < 4.78 is 15.9. The Morgan fingerprint density at radius 2 is 1.95 bits per heavy atom. The second kappa shape index (κ2) is 5.34. The van der Waals surface area contributed by atoms with E-state index in [1.54, 1.807) is 0 Å². The second-order valence-electron chi connectivity index (χ2n) is 6.37. The van der Waals surface area contributed by atoms with Gasteiger partial charge in [0.2, 0.25) is 0 Å². The normalized spacial score (nSPS) is 35.1. The van der Waals surface area contributed by atoms with Gasteiger partial charge in [0.1, 0.15) is 6.10 Å². The monoisotopic (exact) mass is 280 g/mol. The highest BCUT2D eigenvalue weighted by Crippen LogP contribution is 2.46. The highest BCUT2D eigenvalue weighted by molar-refractivity contribution is 5.83. The molecule has 0 aromatic rings. The standard InChI is InChI=1S/C16H24O4/c1-11(10-14(17)18-5)6-7-13-16(4,20-13)9-8-12-15(2,3)19-12/h6-7,10,12-13H,8-9H2,1-5H3/b7-6+,11-10-/t12-,13+,16+/m1/s1. The van der Waals surface area contributed by atoms with Crippen LogP contribution in [0.3, 0.4) is 0 Å². The molecule has 0 N–H and O–H groups in total. The third kappa shape index (κ3) is 3.70. The van der Waals surface area contributed by atoms with Gasteiger partial charge in [0, 0.05) is 6.08 Å². The molecule has 3 atom stereocenters. The van der Waals surface area contributed by atoms with Crippen LogP contribution in [-0.4, -0.2) is 36.5 Å². The zero-order valence-corrected chi connectivity index (χ0v) is 12.9. The number of hydrogen-bond acceptors (Lipinski definition) is 4. The molecule has 0 aliphatic carbocycles.